The number of thioether (sulfide) groups is 1. The monoisotopic (exact) mass is 212 g/mol. The molecule has 1 unspecified atom stereocenters. The molecule has 78 valence electrons. The second-order valence-corrected chi connectivity index (χ2v) is 4.17. The van der Waals surface area contributed by atoms with Gasteiger partial charge in [0.1, 0.15) is 5.82 Å². The number of aryl methyl sites for hydroxylation is 1. The van der Waals surface area contributed by atoms with Crippen molar-refractivity contribution >= 4 is 23.5 Å². The van der Waals surface area contributed by atoms with Gasteiger partial charge in [0.15, 0.2) is 0 Å². The molecule has 1 heterocycles. The van der Waals surface area contributed by atoms with Crippen LogP contribution in [-0.4, -0.2) is 28.0 Å². The summed E-state index contributed by atoms with van der Waals surface area (Å²) in [6.07, 6.45) is 3.82. The topological polar surface area (TPSA) is 63.8 Å². The Morgan fingerprint density at radius 2 is 2.36 bits per heavy atom. The average molecular weight is 212 g/mol. The van der Waals surface area contributed by atoms with Crippen LogP contribution in [0.5, 0.6) is 0 Å². The van der Waals surface area contributed by atoms with Gasteiger partial charge in [0.2, 0.25) is 5.95 Å². The third-order valence-corrected chi connectivity index (χ3v) is 2.62. The summed E-state index contributed by atoms with van der Waals surface area (Å²) in [5.74, 6) is 2.19. The molecule has 4 nitrogen and oxygen atoms in total. The second kappa shape index (κ2) is 5.05. The maximum absolute atomic E-state index is 5.51. The number of nitrogens with one attached hydrogen (secondary N) is 1. The third-order valence-electron chi connectivity index (χ3n) is 1.79. The van der Waals surface area contributed by atoms with Gasteiger partial charge in [-0.05, 0) is 20.1 Å². The van der Waals surface area contributed by atoms with Crippen molar-refractivity contribution in [1.29, 1.82) is 0 Å². The van der Waals surface area contributed by atoms with E-state index in [1.165, 1.54) is 0 Å². The summed E-state index contributed by atoms with van der Waals surface area (Å²) in [6.45, 7) is 4.09. The first-order chi connectivity index (χ1) is 6.63. The van der Waals surface area contributed by atoms with Gasteiger partial charge in [0.25, 0.3) is 0 Å². The second-order valence-electron chi connectivity index (χ2n) is 3.26. The van der Waals surface area contributed by atoms with Crippen LogP contribution < -0.4 is 11.1 Å². The van der Waals surface area contributed by atoms with Crippen molar-refractivity contribution in [3.05, 3.63) is 11.8 Å². The molecule has 5 heteroatoms. The normalized spacial score (nSPS) is 12.5. The number of anilines is 2. The minimum atomic E-state index is 0.314. The number of hydrogen-bond acceptors (Lipinski definition) is 5. The number of rotatable bonds is 4. The lowest BCUT2D eigenvalue weighted by Gasteiger charge is -2.14. The van der Waals surface area contributed by atoms with Crippen LogP contribution in [0, 0.1) is 6.92 Å². The van der Waals surface area contributed by atoms with Gasteiger partial charge in [-0.25, -0.2) is 4.98 Å². The summed E-state index contributed by atoms with van der Waals surface area (Å²) in [6, 6.07) is 0.387. The molecule has 0 aliphatic heterocycles. The molecule has 0 fully saturated rings. The molecule has 1 atom stereocenters. The van der Waals surface area contributed by atoms with Gasteiger partial charge in [0, 0.05) is 23.6 Å². The first-order valence-corrected chi connectivity index (χ1v) is 5.87. The van der Waals surface area contributed by atoms with Crippen LogP contribution in [0.25, 0.3) is 0 Å². The van der Waals surface area contributed by atoms with Crippen molar-refractivity contribution in [2.75, 3.05) is 23.1 Å². The third kappa shape index (κ3) is 3.06. The predicted molar refractivity (Wildman–Crippen MR) is 62.6 cm³/mol. The van der Waals surface area contributed by atoms with E-state index in [0.717, 1.165) is 17.1 Å². The summed E-state index contributed by atoms with van der Waals surface area (Å²) >= 11 is 1.80. The van der Waals surface area contributed by atoms with Crippen molar-refractivity contribution in [3.8, 4) is 0 Å². The summed E-state index contributed by atoms with van der Waals surface area (Å²) < 4.78 is 0. The van der Waals surface area contributed by atoms with Crippen molar-refractivity contribution in [3.63, 3.8) is 0 Å². The highest BCUT2D eigenvalue weighted by atomic mass is 32.2. The highest BCUT2D eigenvalue weighted by Crippen LogP contribution is 2.13. The number of hydrogen-bond donors (Lipinski definition) is 2. The Kier molecular flexibility index (Phi) is 4.00. The Hall–Kier alpha value is -0.970. The van der Waals surface area contributed by atoms with E-state index < -0.39 is 0 Å². The fourth-order valence-electron chi connectivity index (χ4n) is 1.13. The Balaban J connectivity index is 2.70. The molecule has 14 heavy (non-hydrogen) atoms. The minimum absolute atomic E-state index is 0.314. The molecule has 1 aromatic rings. The largest absolute Gasteiger partial charge is 0.368 e. The van der Waals surface area contributed by atoms with Crippen LogP contribution in [0.4, 0.5) is 11.8 Å². The molecule has 1 rings (SSSR count). The number of nitrogen functional groups attached to an aromatic ring is 1. The fourth-order valence-corrected chi connectivity index (χ4v) is 1.71. The molecule has 3 N–H and O–H groups in total. The zero-order valence-corrected chi connectivity index (χ0v) is 9.56. The van der Waals surface area contributed by atoms with Crippen LogP contribution in [-0.2, 0) is 0 Å². The maximum atomic E-state index is 5.51. The molecule has 0 spiro atoms. The molecule has 0 bridgehead atoms. The lowest BCUT2D eigenvalue weighted by Crippen LogP contribution is -2.19. The quantitative estimate of drug-likeness (QED) is 0.792. The molecule has 0 saturated heterocycles. The van der Waals surface area contributed by atoms with Crippen LogP contribution in [0.15, 0.2) is 6.20 Å². The SMILES string of the molecule is CSCC(C)Nc1nc(N)ncc1C. The molecule has 0 amide bonds. The Labute approximate surface area is 88.7 Å². The van der Waals surface area contributed by atoms with Crippen LogP contribution in [0.2, 0.25) is 0 Å². The summed E-state index contributed by atoms with van der Waals surface area (Å²) in [5.41, 5.74) is 6.53. The summed E-state index contributed by atoms with van der Waals surface area (Å²) in [5, 5.41) is 3.30. The highest BCUT2D eigenvalue weighted by molar-refractivity contribution is 7.98. The maximum Gasteiger partial charge on any atom is 0.221 e. The first kappa shape index (κ1) is 11.1. The molecular formula is C9H16N4S. The lowest BCUT2D eigenvalue weighted by molar-refractivity contribution is 0.897. The van der Waals surface area contributed by atoms with Gasteiger partial charge < -0.3 is 11.1 Å². The standard InChI is InChI=1S/C9H16N4S/c1-6-4-11-9(10)13-8(6)12-7(2)5-14-3/h4,7H,5H2,1-3H3,(H3,10,11,12,13). The number of nitrogens with zero attached hydrogens (tertiary/aromatic N) is 2. The molecule has 1 aromatic heterocycles. The molecule has 0 aliphatic rings. The van der Waals surface area contributed by atoms with Crippen molar-refractivity contribution in [2.24, 2.45) is 0 Å². The molecular weight excluding hydrogens is 196 g/mol. The van der Waals surface area contributed by atoms with E-state index in [2.05, 4.69) is 28.5 Å². The number of nitrogens with two attached hydrogens (primary N) is 1. The van der Waals surface area contributed by atoms with Gasteiger partial charge in [-0.15, -0.1) is 0 Å². The average Bonchev–Trinajstić information content (AvgIpc) is 2.12. The molecule has 0 saturated carbocycles. The van der Waals surface area contributed by atoms with Gasteiger partial charge in [-0.2, -0.15) is 16.7 Å². The van der Waals surface area contributed by atoms with Gasteiger partial charge in [-0.3, -0.25) is 0 Å². The minimum Gasteiger partial charge on any atom is -0.368 e. The van der Waals surface area contributed by atoms with Crippen LogP contribution in [0.3, 0.4) is 0 Å². The van der Waals surface area contributed by atoms with Crippen molar-refractivity contribution < 1.29 is 0 Å². The van der Waals surface area contributed by atoms with Crippen LogP contribution in [0.1, 0.15) is 12.5 Å². The van der Waals surface area contributed by atoms with E-state index in [-0.39, 0.29) is 0 Å². The van der Waals surface area contributed by atoms with Crippen LogP contribution >= 0.6 is 11.8 Å². The summed E-state index contributed by atoms with van der Waals surface area (Å²) in [4.78, 5) is 8.06. The van der Waals surface area contributed by atoms with E-state index in [4.69, 9.17) is 5.73 Å². The number of aromatic nitrogens is 2. The van der Waals surface area contributed by atoms with Crippen molar-refractivity contribution in [2.45, 2.75) is 19.9 Å². The van der Waals surface area contributed by atoms with E-state index in [9.17, 15) is 0 Å². The molecule has 0 radical (unpaired) electrons. The van der Waals surface area contributed by atoms with Crippen molar-refractivity contribution in [1.82, 2.24) is 9.97 Å². The zero-order chi connectivity index (χ0) is 10.6. The Morgan fingerprint density at radius 3 is 3.00 bits per heavy atom. The Bertz CT molecular complexity index is 303. The molecule has 0 aromatic carbocycles. The first-order valence-electron chi connectivity index (χ1n) is 4.48. The van der Waals surface area contributed by atoms with Gasteiger partial charge >= 0.3 is 0 Å². The van der Waals surface area contributed by atoms with Gasteiger partial charge in [0.05, 0.1) is 0 Å². The highest BCUT2D eigenvalue weighted by Gasteiger charge is 2.05. The summed E-state index contributed by atoms with van der Waals surface area (Å²) in [7, 11) is 0. The van der Waals surface area contributed by atoms with E-state index in [0.29, 0.717) is 12.0 Å². The van der Waals surface area contributed by atoms with E-state index >= 15 is 0 Å². The zero-order valence-electron chi connectivity index (χ0n) is 8.74. The predicted octanol–water partition coefficient (Wildman–Crippen LogP) is 1.53. The van der Waals surface area contributed by atoms with E-state index in [1.54, 1.807) is 18.0 Å². The molecule has 0 aliphatic carbocycles. The van der Waals surface area contributed by atoms with E-state index in [1.807, 2.05) is 6.92 Å². The fraction of sp³-hybridized carbons (Fsp3) is 0.556. The Morgan fingerprint density at radius 1 is 1.64 bits per heavy atom. The lowest BCUT2D eigenvalue weighted by atomic mass is 10.3. The van der Waals surface area contributed by atoms with Gasteiger partial charge in [-0.1, -0.05) is 0 Å². The smallest absolute Gasteiger partial charge is 0.221 e.